The second-order valence-corrected chi connectivity index (χ2v) is 6.96. The highest BCUT2D eigenvalue weighted by Crippen LogP contribution is 2.33. The number of halogens is 1. The molecule has 122 valence electrons. The molecule has 0 unspecified atom stereocenters. The monoisotopic (exact) mass is 343 g/mol. The number of carbonyl (C=O) groups excluding carboxylic acids is 1. The Labute approximate surface area is 140 Å². The number of nitrogens with zero attached hydrogens (tertiary/aromatic N) is 3. The summed E-state index contributed by atoms with van der Waals surface area (Å²) in [5, 5.41) is 8.64. The van der Waals surface area contributed by atoms with Crippen LogP contribution in [-0.4, -0.2) is 20.8 Å². The fraction of sp³-hybridized carbons (Fsp3) is 0.294. The first-order valence-electron chi connectivity index (χ1n) is 7.80. The Kier molecular flexibility index (Phi) is 3.72. The van der Waals surface area contributed by atoms with Gasteiger partial charge in [0.25, 0.3) is 5.56 Å². The molecule has 1 aliphatic carbocycles. The Morgan fingerprint density at radius 3 is 2.75 bits per heavy atom. The molecule has 4 rings (SSSR count). The third-order valence-corrected chi connectivity index (χ3v) is 5.48. The second-order valence-electron chi connectivity index (χ2n) is 5.87. The van der Waals surface area contributed by atoms with Crippen LogP contribution >= 0.6 is 11.3 Å². The molecule has 1 aromatic carbocycles. The van der Waals surface area contributed by atoms with Crippen molar-refractivity contribution < 1.29 is 9.18 Å². The molecular weight excluding hydrogens is 329 g/mol. The highest BCUT2D eigenvalue weighted by Gasteiger charge is 2.21. The second kappa shape index (κ2) is 5.90. The van der Waals surface area contributed by atoms with E-state index in [9.17, 15) is 14.0 Å². The number of hydrogen-bond donors (Lipinski definition) is 0. The Hall–Kier alpha value is -2.41. The third-order valence-electron chi connectivity index (χ3n) is 4.30. The Balaban J connectivity index is 1.72. The summed E-state index contributed by atoms with van der Waals surface area (Å²) in [5.41, 5.74) is 1.15. The number of aryl methyl sites for hydroxylation is 2. The minimum atomic E-state index is -0.408. The quantitative estimate of drug-likeness (QED) is 0.686. The van der Waals surface area contributed by atoms with Gasteiger partial charge in [-0.3, -0.25) is 9.59 Å². The van der Waals surface area contributed by atoms with Crippen LogP contribution in [0.25, 0.3) is 10.2 Å². The van der Waals surface area contributed by atoms with Gasteiger partial charge in [0.2, 0.25) is 0 Å². The van der Waals surface area contributed by atoms with Crippen molar-refractivity contribution in [1.29, 1.82) is 0 Å². The molecule has 2 heterocycles. The van der Waals surface area contributed by atoms with Gasteiger partial charge in [-0.15, -0.1) is 16.4 Å². The molecule has 3 aromatic rings. The molecule has 0 aliphatic heterocycles. The third kappa shape index (κ3) is 2.54. The largest absolute Gasteiger partial charge is 0.292 e. The van der Waals surface area contributed by atoms with Crippen molar-refractivity contribution in [2.24, 2.45) is 0 Å². The zero-order chi connectivity index (χ0) is 16.7. The molecule has 2 aromatic heterocycles. The van der Waals surface area contributed by atoms with Crippen LogP contribution in [0.15, 0.2) is 29.1 Å². The van der Waals surface area contributed by atoms with Crippen LogP contribution < -0.4 is 5.56 Å². The van der Waals surface area contributed by atoms with Crippen molar-refractivity contribution in [3.05, 3.63) is 56.4 Å². The average Bonchev–Trinajstić information content (AvgIpc) is 2.97. The smallest absolute Gasteiger partial charge is 0.279 e. The van der Waals surface area contributed by atoms with E-state index in [0.717, 1.165) is 35.9 Å². The molecule has 1 aliphatic rings. The number of Topliss-reactive ketones (excluding diaryl/α,β-unsaturated/α-hetero) is 1. The summed E-state index contributed by atoms with van der Waals surface area (Å²) in [6, 6.07) is 5.25. The maximum atomic E-state index is 13.0. The molecule has 0 radical (unpaired) electrons. The minimum Gasteiger partial charge on any atom is -0.292 e. The molecule has 0 spiro atoms. The van der Waals surface area contributed by atoms with Crippen LogP contribution in [0, 0.1) is 5.82 Å². The van der Waals surface area contributed by atoms with Gasteiger partial charge in [-0.1, -0.05) is 5.21 Å². The first-order valence-corrected chi connectivity index (χ1v) is 8.62. The lowest BCUT2D eigenvalue weighted by molar-refractivity contribution is 0.0964. The van der Waals surface area contributed by atoms with Gasteiger partial charge >= 0.3 is 0 Å². The Morgan fingerprint density at radius 2 is 1.96 bits per heavy atom. The SMILES string of the molecule is O=C(Cn1nnc2sc3c(c2c1=O)CCCC3)c1ccc(F)cc1. The molecule has 5 nitrogen and oxygen atoms in total. The van der Waals surface area contributed by atoms with Crippen molar-refractivity contribution in [3.63, 3.8) is 0 Å². The summed E-state index contributed by atoms with van der Waals surface area (Å²) < 4.78 is 14.1. The summed E-state index contributed by atoms with van der Waals surface area (Å²) in [6.07, 6.45) is 4.05. The predicted octanol–water partition coefficient (Wildman–Crippen LogP) is 2.75. The lowest BCUT2D eigenvalue weighted by Crippen LogP contribution is -2.28. The van der Waals surface area contributed by atoms with Crippen molar-refractivity contribution in [2.75, 3.05) is 0 Å². The van der Waals surface area contributed by atoms with Crippen LogP contribution in [0.1, 0.15) is 33.6 Å². The molecule has 0 saturated carbocycles. The van der Waals surface area contributed by atoms with Gasteiger partial charge in [0.05, 0.1) is 5.39 Å². The van der Waals surface area contributed by atoms with E-state index in [1.807, 2.05) is 0 Å². The van der Waals surface area contributed by atoms with E-state index in [-0.39, 0.29) is 17.9 Å². The van der Waals surface area contributed by atoms with Crippen LogP contribution in [0.4, 0.5) is 4.39 Å². The number of rotatable bonds is 3. The first-order chi connectivity index (χ1) is 11.6. The highest BCUT2D eigenvalue weighted by atomic mass is 32.1. The summed E-state index contributed by atoms with van der Waals surface area (Å²) in [7, 11) is 0. The summed E-state index contributed by atoms with van der Waals surface area (Å²) in [4.78, 5) is 26.9. The molecule has 24 heavy (non-hydrogen) atoms. The average molecular weight is 343 g/mol. The predicted molar refractivity (Wildman–Crippen MR) is 89.0 cm³/mol. The number of carbonyl (C=O) groups is 1. The van der Waals surface area contributed by atoms with Gasteiger partial charge in [-0.2, -0.15) is 0 Å². The molecule has 0 atom stereocenters. The first kappa shape index (κ1) is 15.1. The van der Waals surface area contributed by atoms with Crippen molar-refractivity contribution in [3.8, 4) is 0 Å². The normalized spacial score (nSPS) is 13.9. The van der Waals surface area contributed by atoms with E-state index in [0.29, 0.717) is 15.8 Å². The summed E-state index contributed by atoms with van der Waals surface area (Å²) >= 11 is 1.53. The summed E-state index contributed by atoms with van der Waals surface area (Å²) in [5.74, 6) is -0.704. The topological polar surface area (TPSA) is 64.8 Å². The number of benzene rings is 1. The highest BCUT2D eigenvalue weighted by molar-refractivity contribution is 7.18. The number of fused-ring (bicyclic) bond motifs is 3. The van der Waals surface area contributed by atoms with Gasteiger partial charge in [0.15, 0.2) is 10.6 Å². The van der Waals surface area contributed by atoms with Crippen LogP contribution in [0.3, 0.4) is 0 Å². The van der Waals surface area contributed by atoms with Gasteiger partial charge in [0, 0.05) is 10.4 Å². The number of aromatic nitrogens is 3. The van der Waals surface area contributed by atoms with E-state index >= 15 is 0 Å². The Morgan fingerprint density at radius 1 is 1.21 bits per heavy atom. The zero-order valence-corrected chi connectivity index (χ0v) is 13.6. The lowest BCUT2D eigenvalue weighted by atomic mass is 9.97. The Bertz CT molecular complexity index is 991. The standard InChI is InChI=1S/C17H14FN3O2S/c18-11-7-5-10(6-8-11)13(22)9-21-17(23)15-12-3-1-2-4-14(12)24-16(15)19-20-21/h5-8H,1-4,9H2. The van der Waals surface area contributed by atoms with Crippen molar-refractivity contribution >= 4 is 27.3 Å². The van der Waals surface area contributed by atoms with E-state index < -0.39 is 5.82 Å². The lowest BCUT2D eigenvalue weighted by Gasteiger charge is -2.10. The molecular formula is C17H14FN3O2S. The van der Waals surface area contributed by atoms with Gasteiger partial charge < -0.3 is 0 Å². The molecule has 0 saturated heterocycles. The number of hydrogen-bond acceptors (Lipinski definition) is 5. The fourth-order valence-corrected chi connectivity index (χ4v) is 4.27. The van der Waals surface area contributed by atoms with E-state index in [2.05, 4.69) is 10.3 Å². The molecule has 7 heteroatoms. The molecule has 0 bridgehead atoms. The number of thiophene rings is 1. The van der Waals surface area contributed by atoms with Gasteiger partial charge in [0.1, 0.15) is 12.4 Å². The fourth-order valence-electron chi connectivity index (χ4n) is 3.07. The van der Waals surface area contributed by atoms with Gasteiger partial charge in [-0.05, 0) is 55.5 Å². The van der Waals surface area contributed by atoms with Crippen LogP contribution in [0.5, 0.6) is 0 Å². The molecule has 0 N–H and O–H groups in total. The van der Waals surface area contributed by atoms with E-state index in [4.69, 9.17) is 0 Å². The molecule has 0 amide bonds. The van der Waals surface area contributed by atoms with Gasteiger partial charge in [-0.25, -0.2) is 9.07 Å². The van der Waals surface area contributed by atoms with Crippen molar-refractivity contribution in [1.82, 2.24) is 15.0 Å². The van der Waals surface area contributed by atoms with Crippen molar-refractivity contribution in [2.45, 2.75) is 32.2 Å². The minimum absolute atomic E-state index is 0.196. The summed E-state index contributed by atoms with van der Waals surface area (Å²) in [6.45, 7) is -0.196. The maximum absolute atomic E-state index is 13.0. The van der Waals surface area contributed by atoms with Crippen LogP contribution in [-0.2, 0) is 19.4 Å². The maximum Gasteiger partial charge on any atom is 0.279 e. The zero-order valence-electron chi connectivity index (χ0n) is 12.8. The van der Waals surface area contributed by atoms with E-state index in [1.165, 1.54) is 40.5 Å². The molecule has 0 fully saturated rings. The van der Waals surface area contributed by atoms with Crippen LogP contribution in [0.2, 0.25) is 0 Å². The number of ketones is 1. The van der Waals surface area contributed by atoms with E-state index in [1.54, 1.807) is 0 Å².